The fourth-order valence-electron chi connectivity index (χ4n) is 3.58. The molecule has 0 fully saturated rings. The van der Waals surface area contributed by atoms with Gasteiger partial charge >= 0.3 is 0 Å². The maximum Gasteiger partial charge on any atom is 0.169 e. The van der Waals surface area contributed by atoms with Crippen LogP contribution in [0, 0.1) is 0 Å². The summed E-state index contributed by atoms with van der Waals surface area (Å²) in [4.78, 5) is 18.6. The average Bonchev–Trinajstić information content (AvgIpc) is 2.83. The number of pyridine rings is 1. The molecule has 0 amide bonds. The summed E-state index contributed by atoms with van der Waals surface area (Å²) >= 11 is 0. The normalized spacial score (nSPS) is 10.6. The molecule has 0 spiro atoms. The van der Waals surface area contributed by atoms with Crippen molar-refractivity contribution in [1.82, 2.24) is 4.98 Å². The van der Waals surface area contributed by atoms with Gasteiger partial charge in [0.2, 0.25) is 0 Å². The first-order chi connectivity index (χ1) is 15.2. The zero-order valence-corrected chi connectivity index (χ0v) is 17.6. The SMILES string of the molecule is COc1ccc(CN(Cc2ccc(OC)cc2)c2cc3ccccc3c(C=O)n2)cc1. The molecule has 4 aromatic rings. The first-order valence-electron chi connectivity index (χ1n) is 10.1. The number of aromatic nitrogens is 1. The molecule has 0 N–H and O–H groups in total. The van der Waals surface area contributed by atoms with Gasteiger partial charge in [-0.25, -0.2) is 4.98 Å². The summed E-state index contributed by atoms with van der Waals surface area (Å²) in [5.74, 6) is 2.39. The molecule has 31 heavy (non-hydrogen) atoms. The minimum absolute atomic E-state index is 0.447. The van der Waals surface area contributed by atoms with Crippen LogP contribution in [-0.4, -0.2) is 25.5 Å². The van der Waals surface area contributed by atoms with Crippen molar-refractivity contribution < 1.29 is 14.3 Å². The van der Waals surface area contributed by atoms with Crippen LogP contribution in [0.4, 0.5) is 5.82 Å². The molecule has 156 valence electrons. The number of rotatable bonds is 8. The zero-order valence-electron chi connectivity index (χ0n) is 17.6. The number of hydrogen-bond donors (Lipinski definition) is 0. The van der Waals surface area contributed by atoms with Gasteiger partial charge in [0.05, 0.1) is 14.2 Å². The van der Waals surface area contributed by atoms with Crippen molar-refractivity contribution >= 4 is 22.9 Å². The lowest BCUT2D eigenvalue weighted by molar-refractivity contribution is 0.112. The third-order valence-corrected chi connectivity index (χ3v) is 5.26. The number of ether oxygens (including phenoxy) is 2. The summed E-state index contributed by atoms with van der Waals surface area (Å²) < 4.78 is 10.6. The Bertz CT molecular complexity index is 1120. The molecule has 5 nitrogen and oxygen atoms in total. The minimum atomic E-state index is 0.447. The van der Waals surface area contributed by atoms with E-state index in [-0.39, 0.29) is 0 Å². The second-order valence-electron chi connectivity index (χ2n) is 7.26. The molecular formula is C26H24N2O3. The number of hydrogen-bond acceptors (Lipinski definition) is 5. The summed E-state index contributed by atoms with van der Waals surface area (Å²) in [5.41, 5.74) is 2.69. The molecule has 5 heteroatoms. The number of carbonyl (C=O) groups is 1. The number of carbonyl (C=O) groups excluding carboxylic acids is 1. The van der Waals surface area contributed by atoms with Gasteiger partial charge in [0.1, 0.15) is 23.0 Å². The fraction of sp³-hybridized carbons (Fsp3) is 0.154. The van der Waals surface area contributed by atoms with Gasteiger partial charge in [-0.2, -0.15) is 0 Å². The van der Waals surface area contributed by atoms with Crippen molar-refractivity contribution in [1.29, 1.82) is 0 Å². The summed E-state index contributed by atoms with van der Waals surface area (Å²) in [7, 11) is 3.32. The molecule has 0 aliphatic rings. The van der Waals surface area contributed by atoms with Gasteiger partial charge in [-0.3, -0.25) is 4.79 Å². The van der Waals surface area contributed by atoms with Gasteiger partial charge in [-0.05, 0) is 46.8 Å². The van der Waals surface area contributed by atoms with Crippen LogP contribution < -0.4 is 14.4 Å². The number of nitrogens with zero attached hydrogens (tertiary/aromatic N) is 2. The highest BCUT2D eigenvalue weighted by Crippen LogP contribution is 2.26. The second-order valence-corrected chi connectivity index (χ2v) is 7.26. The molecule has 3 aromatic carbocycles. The molecule has 0 saturated carbocycles. The van der Waals surface area contributed by atoms with Crippen LogP contribution in [0.25, 0.3) is 10.8 Å². The van der Waals surface area contributed by atoms with E-state index >= 15 is 0 Å². The topological polar surface area (TPSA) is 51.7 Å². The summed E-state index contributed by atoms with van der Waals surface area (Å²) in [6.07, 6.45) is 0.824. The van der Waals surface area contributed by atoms with Gasteiger partial charge in [0.25, 0.3) is 0 Å². The number of fused-ring (bicyclic) bond motifs is 1. The largest absolute Gasteiger partial charge is 0.497 e. The van der Waals surface area contributed by atoms with Gasteiger partial charge in [0, 0.05) is 18.5 Å². The number of aldehydes is 1. The van der Waals surface area contributed by atoms with Crippen LogP contribution in [0.2, 0.25) is 0 Å². The van der Waals surface area contributed by atoms with Crippen LogP contribution in [0.1, 0.15) is 21.6 Å². The molecule has 0 aliphatic carbocycles. The number of methoxy groups -OCH3 is 2. The van der Waals surface area contributed by atoms with E-state index < -0.39 is 0 Å². The Balaban J connectivity index is 1.72. The molecular weight excluding hydrogens is 388 g/mol. The zero-order chi connectivity index (χ0) is 21.6. The van der Waals surface area contributed by atoms with Crippen LogP contribution in [0.5, 0.6) is 11.5 Å². The molecule has 1 heterocycles. The second kappa shape index (κ2) is 9.30. The lowest BCUT2D eigenvalue weighted by Crippen LogP contribution is -2.23. The molecule has 4 rings (SSSR count). The van der Waals surface area contributed by atoms with Crippen molar-refractivity contribution in [2.24, 2.45) is 0 Å². The highest BCUT2D eigenvalue weighted by Gasteiger charge is 2.14. The van der Waals surface area contributed by atoms with Crippen LogP contribution in [0.3, 0.4) is 0 Å². The van der Waals surface area contributed by atoms with Crippen LogP contribution in [-0.2, 0) is 13.1 Å². The van der Waals surface area contributed by atoms with Gasteiger partial charge in [-0.1, -0.05) is 48.5 Å². The maximum atomic E-state index is 11.7. The number of anilines is 1. The molecule has 0 saturated heterocycles. The predicted octanol–water partition coefficient (Wildman–Crippen LogP) is 5.27. The third kappa shape index (κ3) is 4.67. The van der Waals surface area contributed by atoms with E-state index in [2.05, 4.69) is 9.88 Å². The maximum absolute atomic E-state index is 11.7. The summed E-state index contributed by atoms with van der Waals surface area (Å²) in [6.45, 7) is 1.28. The van der Waals surface area contributed by atoms with Crippen molar-refractivity contribution in [3.8, 4) is 11.5 Å². The summed E-state index contributed by atoms with van der Waals surface area (Å²) in [6, 6.07) is 25.8. The van der Waals surface area contributed by atoms with Crippen molar-refractivity contribution in [2.45, 2.75) is 13.1 Å². The summed E-state index contributed by atoms with van der Waals surface area (Å²) in [5, 5.41) is 1.85. The first-order valence-corrected chi connectivity index (χ1v) is 10.1. The van der Waals surface area contributed by atoms with Crippen LogP contribution >= 0.6 is 0 Å². The van der Waals surface area contributed by atoms with Crippen LogP contribution in [0.15, 0.2) is 78.9 Å². The minimum Gasteiger partial charge on any atom is -0.497 e. The van der Waals surface area contributed by atoms with Gasteiger partial charge in [-0.15, -0.1) is 0 Å². The van der Waals surface area contributed by atoms with E-state index in [0.29, 0.717) is 18.8 Å². The third-order valence-electron chi connectivity index (χ3n) is 5.26. The molecule has 0 aliphatic heterocycles. The van der Waals surface area contributed by atoms with Gasteiger partial charge in [0.15, 0.2) is 6.29 Å². The Morgan fingerprint density at radius 2 is 1.35 bits per heavy atom. The Morgan fingerprint density at radius 1 is 0.806 bits per heavy atom. The Morgan fingerprint density at radius 3 is 1.87 bits per heavy atom. The molecule has 0 bridgehead atoms. The van der Waals surface area contributed by atoms with E-state index in [9.17, 15) is 4.79 Å². The number of benzene rings is 3. The van der Waals surface area contributed by atoms with E-state index in [1.54, 1.807) is 14.2 Å². The highest BCUT2D eigenvalue weighted by atomic mass is 16.5. The molecule has 0 atom stereocenters. The smallest absolute Gasteiger partial charge is 0.169 e. The van der Waals surface area contributed by atoms with Gasteiger partial charge < -0.3 is 14.4 Å². The van der Waals surface area contributed by atoms with Crippen molar-refractivity contribution in [2.75, 3.05) is 19.1 Å². The lowest BCUT2D eigenvalue weighted by atomic mass is 10.1. The monoisotopic (exact) mass is 412 g/mol. The van der Waals surface area contributed by atoms with E-state index in [4.69, 9.17) is 9.47 Å². The van der Waals surface area contributed by atoms with E-state index in [1.807, 2.05) is 78.9 Å². The van der Waals surface area contributed by atoms with E-state index in [1.165, 1.54) is 0 Å². The lowest BCUT2D eigenvalue weighted by Gasteiger charge is -2.25. The first kappa shape index (κ1) is 20.4. The molecule has 1 aromatic heterocycles. The van der Waals surface area contributed by atoms with Crippen molar-refractivity contribution in [3.05, 3.63) is 95.7 Å². The average molecular weight is 412 g/mol. The fourth-order valence-corrected chi connectivity index (χ4v) is 3.58. The van der Waals surface area contributed by atoms with E-state index in [0.717, 1.165) is 45.5 Å². The Labute approximate surface area is 181 Å². The predicted molar refractivity (Wildman–Crippen MR) is 123 cm³/mol. The Hall–Kier alpha value is -3.86. The van der Waals surface area contributed by atoms with Crippen molar-refractivity contribution in [3.63, 3.8) is 0 Å². The quantitative estimate of drug-likeness (QED) is 0.369. The molecule has 0 unspecified atom stereocenters. The Kier molecular flexibility index (Phi) is 6.13. The standard InChI is InChI=1S/C26H24N2O3/c1-30-22-11-7-19(8-12-22)16-28(17-20-9-13-23(31-2)14-10-20)26-15-21-5-3-4-6-24(21)25(18-29)27-26/h3-15,18H,16-17H2,1-2H3. The highest BCUT2D eigenvalue weighted by molar-refractivity contribution is 5.97. The molecule has 0 radical (unpaired) electrons.